The van der Waals surface area contributed by atoms with Crippen molar-refractivity contribution in [3.05, 3.63) is 22.4 Å². The molecule has 0 saturated carbocycles. The van der Waals surface area contributed by atoms with Gasteiger partial charge < -0.3 is 15.5 Å². The second kappa shape index (κ2) is 11.2. The average Bonchev–Trinajstić information content (AvgIpc) is 2.98. The van der Waals surface area contributed by atoms with Gasteiger partial charge >= 0.3 is 0 Å². The first-order valence-corrected chi connectivity index (χ1v) is 8.89. The first-order valence-electron chi connectivity index (χ1n) is 8.01. The summed E-state index contributed by atoms with van der Waals surface area (Å²) in [6, 6.07) is 4.30. The van der Waals surface area contributed by atoms with Gasteiger partial charge in [-0.1, -0.05) is 6.07 Å². The number of piperidine rings is 1. The molecule has 2 heterocycles. The third kappa shape index (κ3) is 7.28. The SMILES string of the molecule is CCNC(=NCC1CCCN(C)C1)NCCc1cccs1.I. The number of nitrogens with one attached hydrogen (secondary N) is 2. The van der Waals surface area contributed by atoms with Crippen molar-refractivity contribution in [2.45, 2.75) is 26.2 Å². The lowest BCUT2D eigenvalue weighted by Crippen LogP contribution is -2.39. The van der Waals surface area contributed by atoms with E-state index in [9.17, 15) is 0 Å². The van der Waals surface area contributed by atoms with E-state index in [1.54, 1.807) is 0 Å². The minimum atomic E-state index is 0. The zero-order chi connectivity index (χ0) is 14.9. The number of guanidine groups is 1. The maximum Gasteiger partial charge on any atom is 0.191 e. The molecule has 2 rings (SSSR count). The van der Waals surface area contributed by atoms with Crippen LogP contribution in [0.25, 0.3) is 0 Å². The molecule has 6 heteroatoms. The van der Waals surface area contributed by atoms with E-state index >= 15 is 0 Å². The predicted octanol–water partition coefficient (Wildman–Crippen LogP) is 2.81. The summed E-state index contributed by atoms with van der Waals surface area (Å²) < 4.78 is 0. The highest BCUT2D eigenvalue weighted by molar-refractivity contribution is 14.0. The van der Waals surface area contributed by atoms with E-state index in [0.717, 1.165) is 32.0 Å². The van der Waals surface area contributed by atoms with Crippen LogP contribution in [-0.4, -0.2) is 50.6 Å². The molecule has 1 aliphatic rings. The van der Waals surface area contributed by atoms with E-state index in [2.05, 4.69) is 47.0 Å². The first kappa shape index (κ1) is 19.7. The van der Waals surface area contributed by atoms with Crippen molar-refractivity contribution in [2.24, 2.45) is 10.9 Å². The van der Waals surface area contributed by atoms with Crippen LogP contribution in [-0.2, 0) is 6.42 Å². The molecule has 1 aliphatic heterocycles. The van der Waals surface area contributed by atoms with Crippen molar-refractivity contribution in [2.75, 3.05) is 39.8 Å². The monoisotopic (exact) mass is 436 g/mol. The van der Waals surface area contributed by atoms with Gasteiger partial charge in [0, 0.05) is 31.1 Å². The van der Waals surface area contributed by atoms with E-state index in [-0.39, 0.29) is 24.0 Å². The van der Waals surface area contributed by atoms with Gasteiger partial charge in [-0.3, -0.25) is 4.99 Å². The summed E-state index contributed by atoms with van der Waals surface area (Å²) in [5.41, 5.74) is 0. The Kier molecular flexibility index (Phi) is 10.1. The van der Waals surface area contributed by atoms with Crippen molar-refractivity contribution in [3.8, 4) is 0 Å². The summed E-state index contributed by atoms with van der Waals surface area (Å²) in [7, 11) is 2.21. The lowest BCUT2D eigenvalue weighted by molar-refractivity contribution is 0.214. The molecule has 0 amide bonds. The van der Waals surface area contributed by atoms with Crippen LogP contribution in [0.4, 0.5) is 0 Å². The molecule has 1 atom stereocenters. The van der Waals surface area contributed by atoms with Gasteiger partial charge in [-0.25, -0.2) is 0 Å². The topological polar surface area (TPSA) is 39.7 Å². The highest BCUT2D eigenvalue weighted by Crippen LogP contribution is 2.15. The van der Waals surface area contributed by atoms with Crippen LogP contribution < -0.4 is 10.6 Å². The molecule has 0 spiro atoms. The largest absolute Gasteiger partial charge is 0.357 e. The number of hydrogen-bond donors (Lipinski definition) is 2. The van der Waals surface area contributed by atoms with Crippen LogP contribution in [0.3, 0.4) is 0 Å². The Balaban J connectivity index is 0.00000242. The number of nitrogens with zero attached hydrogens (tertiary/aromatic N) is 2. The van der Waals surface area contributed by atoms with Crippen molar-refractivity contribution >= 4 is 41.3 Å². The molecule has 1 saturated heterocycles. The van der Waals surface area contributed by atoms with Gasteiger partial charge in [-0.2, -0.15) is 0 Å². The van der Waals surface area contributed by atoms with Crippen LogP contribution >= 0.6 is 35.3 Å². The van der Waals surface area contributed by atoms with Gasteiger partial charge in [-0.05, 0) is 57.1 Å². The predicted molar refractivity (Wildman–Crippen MR) is 108 cm³/mol. The molecule has 0 radical (unpaired) electrons. The molecule has 0 aromatic carbocycles. The van der Waals surface area contributed by atoms with E-state index in [1.165, 1.54) is 30.8 Å². The molecule has 0 bridgehead atoms. The van der Waals surface area contributed by atoms with Gasteiger partial charge in [0.2, 0.25) is 0 Å². The zero-order valence-corrected chi connectivity index (χ0v) is 16.8. The van der Waals surface area contributed by atoms with Gasteiger partial charge in [0.15, 0.2) is 5.96 Å². The lowest BCUT2D eigenvalue weighted by atomic mass is 9.99. The molecule has 1 unspecified atom stereocenters. The number of rotatable bonds is 6. The molecule has 1 aromatic rings. The Hall–Kier alpha value is -0.340. The summed E-state index contributed by atoms with van der Waals surface area (Å²) in [6.45, 7) is 7.31. The Morgan fingerprint density at radius 1 is 1.45 bits per heavy atom. The Labute approximate surface area is 155 Å². The summed E-state index contributed by atoms with van der Waals surface area (Å²) in [4.78, 5) is 8.60. The Bertz CT molecular complexity index is 422. The second-order valence-electron chi connectivity index (χ2n) is 5.75. The van der Waals surface area contributed by atoms with E-state index in [1.807, 2.05) is 11.3 Å². The first-order chi connectivity index (χ1) is 10.3. The fraction of sp³-hybridized carbons (Fsp3) is 0.688. The molecule has 4 nitrogen and oxygen atoms in total. The Morgan fingerprint density at radius 2 is 2.32 bits per heavy atom. The van der Waals surface area contributed by atoms with Crippen molar-refractivity contribution in [3.63, 3.8) is 0 Å². The van der Waals surface area contributed by atoms with Gasteiger partial charge in [0.05, 0.1) is 0 Å². The van der Waals surface area contributed by atoms with Gasteiger partial charge in [0.25, 0.3) is 0 Å². The van der Waals surface area contributed by atoms with Gasteiger partial charge in [-0.15, -0.1) is 35.3 Å². The fourth-order valence-corrected chi connectivity index (χ4v) is 3.45. The van der Waals surface area contributed by atoms with Crippen LogP contribution in [0.2, 0.25) is 0 Å². The summed E-state index contributed by atoms with van der Waals surface area (Å²) in [6.07, 6.45) is 3.68. The van der Waals surface area contributed by atoms with Gasteiger partial charge in [0.1, 0.15) is 0 Å². The molecule has 1 aromatic heterocycles. The summed E-state index contributed by atoms with van der Waals surface area (Å²) >= 11 is 1.82. The molecule has 0 aliphatic carbocycles. The lowest BCUT2D eigenvalue weighted by Gasteiger charge is -2.28. The number of hydrogen-bond acceptors (Lipinski definition) is 3. The van der Waals surface area contributed by atoms with E-state index < -0.39 is 0 Å². The molecule has 2 N–H and O–H groups in total. The van der Waals surface area contributed by atoms with E-state index in [0.29, 0.717) is 5.92 Å². The molecule has 1 fully saturated rings. The smallest absolute Gasteiger partial charge is 0.191 e. The Morgan fingerprint density at radius 3 is 3.00 bits per heavy atom. The third-order valence-corrected chi connectivity index (χ3v) is 4.75. The molecule has 22 heavy (non-hydrogen) atoms. The summed E-state index contributed by atoms with van der Waals surface area (Å²) in [5.74, 6) is 1.67. The van der Waals surface area contributed by atoms with Crippen molar-refractivity contribution < 1.29 is 0 Å². The highest BCUT2D eigenvalue weighted by Gasteiger charge is 2.16. The molecular formula is C16H29IN4S. The number of aliphatic imine (C=N–C) groups is 1. The van der Waals surface area contributed by atoms with Crippen LogP contribution in [0.15, 0.2) is 22.5 Å². The number of thiophene rings is 1. The average molecular weight is 436 g/mol. The molecule has 126 valence electrons. The van der Waals surface area contributed by atoms with E-state index in [4.69, 9.17) is 4.99 Å². The standard InChI is InChI=1S/C16H28N4S.HI/c1-3-17-16(18-9-8-15-7-5-11-21-15)19-12-14-6-4-10-20(2)13-14;/h5,7,11,14H,3-4,6,8-10,12-13H2,1-2H3,(H2,17,18,19);1H. The van der Waals surface area contributed by atoms with Crippen molar-refractivity contribution in [1.29, 1.82) is 0 Å². The maximum absolute atomic E-state index is 4.76. The van der Waals surface area contributed by atoms with Crippen LogP contribution in [0.1, 0.15) is 24.6 Å². The number of halogens is 1. The van der Waals surface area contributed by atoms with Crippen molar-refractivity contribution in [1.82, 2.24) is 15.5 Å². The van der Waals surface area contributed by atoms with Crippen LogP contribution in [0.5, 0.6) is 0 Å². The highest BCUT2D eigenvalue weighted by atomic mass is 127. The fourth-order valence-electron chi connectivity index (χ4n) is 2.74. The number of likely N-dealkylation sites (tertiary alicyclic amines) is 1. The third-order valence-electron chi connectivity index (χ3n) is 3.82. The molecular weight excluding hydrogens is 407 g/mol. The minimum Gasteiger partial charge on any atom is -0.357 e. The zero-order valence-electron chi connectivity index (χ0n) is 13.7. The normalized spacial score (nSPS) is 19.5. The quantitative estimate of drug-likeness (QED) is 0.409. The maximum atomic E-state index is 4.76. The summed E-state index contributed by atoms with van der Waals surface area (Å²) in [5, 5.41) is 8.92. The second-order valence-corrected chi connectivity index (χ2v) is 6.78. The van der Waals surface area contributed by atoms with Crippen LogP contribution in [0, 0.1) is 5.92 Å². The minimum absolute atomic E-state index is 0.